The summed E-state index contributed by atoms with van der Waals surface area (Å²) < 4.78 is 18.6. The summed E-state index contributed by atoms with van der Waals surface area (Å²) in [6, 6.07) is 4.76. The lowest BCUT2D eigenvalue weighted by Crippen LogP contribution is -1.98. The van der Waals surface area contributed by atoms with E-state index in [0.717, 1.165) is 16.6 Å². The number of nitrogens with zero attached hydrogens (tertiary/aromatic N) is 2. The van der Waals surface area contributed by atoms with Crippen LogP contribution >= 0.6 is 23.3 Å². The second-order valence-corrected chi connectivity index (χ2v) is 5.80. The first-order valence-electron chi connectivity index (χ1n) is 5.58. The minimum Gasteiger partial charge on any atom is -0.389 e. The molecular weight excluding hydrogens is 271 g/mol. The molecule has 0 aliphatic rings. The molecule has 0 amide bonds. The molecule has 1 aromatic carbocycles. The molecule has 0 saturated heterocycles. The SMILES string of the molecule is CCc1nsc(Sc2cccc(F)c2[C@@H](C)O)n1. The van der Waals surface area contributed by atoms with Crippen molar-refractivity contribution >= 4 is 23.3 Å². The highest BCUT2D eigenvalue weighted by molar-refractivity contribution is 8.01. The average molecular weight is 284 g/mol. The number of aliphatic hydroxyl groups excluding tert-OH is 1. The minimum absolute atomic E-state index is 0.316. The molecule has 1 atom stereocenters. The van der Waals surface area contributed by atoms with E-state index in [4.69, 9.17) is 0 Å². The molecule has 1 heterocycles. The Hall–Kier alpha value is -0.980. The van der Waals surface area contributed by atoms with Crippen LogP contribution in [0.25, 0.3) is 0 Å². The number of aromatic nitrogens is 2. The number of aliphatic hydroxyl groups is 1. The fourth-order valence-corrected chi connectivity index (χ4v) is 3.42. The van der Waals surface area contributed by atoms with Gasteiger partial charge in [0, 0.05) is 16.9 Å². The fraction of sp³-hybridized carbons (Fsp3) is 0.333. The Labute approximate surface area is 113 Å². The lowest BCUT2D eigenvalue weighted by atomic mass is 10.1. The fourth-order valence-electron chi connectivity index (χ4n) is 1.53. The van der Waals surface area contributed by atoms with E-state index in [2.05, 4.69) is 9.36 Å². The first-order chi connectivity index (χ1) is 8.61. The molecule has 0 radical (unpaired) electrons. The first kappa shape index (κ1) is 13.5. The standard InChI is InChI=1S/C12H13FN2OS2/c1-3-10-14-12(18-15-10)17-9-6-4-5-8(13)11(9)7(2)16/h4-7,16H,3H2,1-2H3/t7-/m1/s1. The number of hydrogen-bond donors (Lipinski definition) is 1. The van der Waals surface area contributed by atoms with Crippen LogP contribution in [0, 0.1) is 5.82 Å². The van der Waals surface area contributed by atoms with E-state index in [9.17, 15) is 9.50 Å². The Morgan fingerprint density at radius 2 is 2.28 bits per heavy atom. The molecule has 6 heteroatoms. The highest BCUT2D eigenvalue weighted by atomic mass is 32.2. The van der Waals surface area contributed by atoms with E-state index >= 15 is 0 Å². The van der Waals surface area contributed by atoms with Gasteiger partial charge in [-0.1, -0.05) is 24.8 Å². The van der Waals surface area contributed by atoms with Gasteiger partial charge in [-0.3, -0.25) is 0 Å². The summed E-state index contributed by atoms with van der Waals surface area (Å²) in [6.07, 6.45) is -0.0593. The van der Waals surface area contributed by atoms with E-state index in [1.54, 1.807) is 19.1 Å². The van der Waals surface area contributed by atoms with Crippen molar-refractivity contribution in [1.82, 2.24) is 9.36 Å². The lowest BCUT2D eigenvalue weighted by Gasteiger charge is -2.11. The van der Waals surface area contributed by atoms with E-state index in [1.165, 1.54) is 29.4 Å². The van der Waals surface area contributed by atoms with Crippen LogP contribution in [0.3, 0.4) is 0 Å². The maximum Gasteiger partial charge on any atom is 0.174 e. The largest absolute Gasteiger partial charge is 0.389 e. The lowest BCUT2D eigenvalue weighted by molar-refractivity contribution is 0.191. The molecule has 1 aromatic heterocycles. The summed E-state index contributed by atoms with van der Waals surface area (Å²) in [5.41, 5.74) is 0.316. The Kier molecular flexibility index (Phi) is 4.31. The summed E-state index contributed by atoms with van der Waals surface area (Å²) in [6.45, 7) is 3.54. The zero-order valence-corrected chi connectivity index (χ0v) is 11.7. The van der Waals surface area contributed by atoms with Gasteiger partial charge in [0.05, 0.1) is 6.10 Å². The van der Waals surface area contributed by atoms with Crippen molar-refractivity contribution in [3.63, 3.8) is 0 Å². The molecule has 0 aliphatic heterocycles. The van der Waals surface area contributed by atoms with Crippen LogP contribution in [-0.4, -0.2) is 14.5 Å². The Bertz CT molecular complexity index is 543. The molecule has 0 bridgehead atoms. The van der Waals surface area contributed by atoms with Crippen LogP contribution in [0.1, 0.15) is 31.3 Å². The van der Waals surface area contributed by atoms with Gasteiger partial charge >= 0.3 is 0 Å². The van der Waals surface area contributed by atoms with Gasteiger partial charge in [0.2, 0.25) is 0 Å². The van der Waals surface area contributed by atoms with Gasteiger partial charge in [0.15, 0.2) is 4.34 Å². The van der Waals surface area contributed by atoms with E-state index in [1.807, 2.05) is 6.92 Å². The van der Waals surface area contributed by atoms with Crippen molar-refractivity contribution < 1.29 is 9.50 Å². The van der Waals surface area contributed by atoms with Gasteiger partial charge in [-0.05, 0) is 30.6 Å². The highest BCUT2D eigenvalue weighted by Gasteiger charge is 2.15. The summed E-state index contributed by atoms with van der Waals surface area (Å²) >= 11 is 2.63. The van der Waals surface area contributed by atoms with Gasteiger partial charge in [-0.2, -0.15) is 4.37 Å². The summed E-state index contributed by atoms with van der Waals surface area (Å²) in [4.78, 5) is 5.00. The molecule has 3 nitrogen and oxygen atoms in total. The van der Waals surface area contributed by atoms with Gasteiger partial charge in [0.1, 0.15) is 11.6 Å². The normalized spacial score (nSPS) is 12.7. The highest BCUT2D eigenvalue weighted by Crippen LogP contribution is 2.35. The van der Waals surface area contributed by atoms with Crippen LogP contribution in [0.15, 0.2) is 27.4 Å². The predicted octanol–water partition coefficient (Wildman–Crippen LogP) is 3.44. The minimum atomic E-state index is -0.840. The molecule has 2 rings (SSSR count). The van der Waals surface area contributed by atoms with Crippen molar-refractivity contribution in [2.75, 3.05) is 0 Å². The number of benzene rings is 1. The van der Waals surface area contributed by atoms with Crippen LogP contribution in [-0.2, 0) is 6.42 Å². The van der Waals surface area contributed by atoms with Gasteiger partial charge in [-0.15, -0.1) is 0 Å². The summed E-state index contributed by atoms with van der Waals surface area (Å²) in [5.74, 6) is 0.396. The van der Waals surface area contributed by atoms with Gasteiger partial charge in [-0.25, -0.2) is 9.37 Å². The maximum atomic E-state index is 13.7. The Balaban J connectivity index is 2.31. The Morgan fingerprint density at radius 1 is 1.50 bits per heavy atom. The molecule has 0 aliphatic carbocycles. The molecular formula is C12H13FN2OS2. The third-order valence-electron chi connectivity index (χ3n) is 2.39. The third kappa shape index (κ3) is 2.88. The molecule has 0 fully saturated rings. The van der Waals surface area contributed by atoms with Crippen LogP contribution in [0.5, 0.6) is 0 Å². The molecule has 2 aromatic rings. The van der Waals surface area contributed by atoms with Crippen LogP contribution in [0.4, 0.5) is 4.39 Å². The van der Waals surface area contributed by atoms with Crippen LogP contribution < -0.4 is 0 Å². The van der Waals surface area contributed by atoms with Crippen molar-refractivity contribution in [2.24, 2.45) is 0 Å². The maximum absolute atomic E-state index is 13.7. The number of hydrogen-bond acceptors (Lipinski definition) is 5. The number of rotatable bonds is 4. The third-order valence-corrected chi connectivity index (χ3v) is 4.26. The zero-order valence-electron chi connectivity index (χ0n) is 10.1. The second-order valence-electron chi connectivity index (χ2n) is 3.76. The topological polar surface area (TPSA) is 46.0 Å². The molecule has 96 valence electrons. The predicted molar refractivity (Wildman–Crippen MR) is 70.4 cm³/mol. The van der Waals surface area contributed by atoms with Crippen molar-refractivity contribution in [3.05, 3.63) is 35.4 Å². The number of halogens is 1. The zero-order chi connectivity index (χ0) is 13.1. The monoisotopic (exact) mass is 284 g/mol. The summed E-state index contributed by atoms with van der Waals surface area (Å²) in [7, 11) is 0. The first-order valence-corrected chi connectivity index (χ1v) is 7.17. The van der Waals surface area contributed by atoms with Crippen molar-refractivity contribution in [2.45, 2.75) is 35.6 Å². The quantitative estimate of drug-likeness (QED) is 0.934. The molecule has 1 N–H and O–H groups in total. The van der Waals surface area contributed by atoms with Crippen molar-refractivity contribution in [3.8, 4) is 0 Å². The Morgan fingerprint density at radius 3 is 2.89 bits per heavy atom. The van der Waals surface area contributed by atoms with Crippen molar-refractivity contribution in [1.29, 1.82) is 0 Å². The molecule has 0 saturated carbocycles. The van der Waals surface area contributed by atoms with E-state index in [-0.39, 0.29) is 0 Å². The smallest absolute Gasteiger partial charge is 0.174 e. The van der Waals surface area contributed by atoms with E-state index < -0.39 is 11.9 Å². The number of aryl methyl sites for hydroxylation is 1. The molecule has 18 heavy (non-hydrogen) atoms. The molecule has 0 spiro atoms. The van der Waals surface area contributed by atoms with Gasteiger partial charge in [0.25, 0.3) is 0 Å². The van der Waals surface area contributed by atoms with E-state index in [0.29, 0.717) is 10.5 Å². The second kappa shape index (κ2) is 5.77. The van der Waals surface area contributed by atoms with Crippen LogP contribution in [0.2, 0.25) is 0 Å². The molecule has 0 unspecified atom stereocenters. The summed E-state index contributed by atoms with van der Waals surface area (Å²) in [5, 5.41) is 9.63. The average Bonchev–Trinajstić information content (AvgIpc) is 2.76. The van der Waals surface area contributed by atoms with Gasteiger partial charge < -0.3 is 5.11 Å².